The van der Waals surface area contributed by atoms with Gasteiger partial charge >= 0.3 is 5.97 Å². The molecular formula is C13H21N3O2. The number of fused-ring (bicyclic) bond motifs is 1. The number of esters is 1. The molecule has 1 aliphatic heterocycles. The van der Waals surface area contributed by atoms with Crippen LogP contribution in [0.5, 0.6) is 0 Å². The molecule has 0 aromatic carbocycles. The van der Waals surface area contributed by atoms with E-state index in [-0.39, 0.29) is 11.9 Å². The molecule has 2 rings (SSSR count). The minimum absolute atomic E-state index is 0.213. The maximum Gasteiger partial charge on any atom is 0.313 e. The highest BCUT2D eigenvalue weighted by Crippen LogP contribution is 2.29. The Morgan fingerprint density at radius 2 is 2.50 bits per heavy atom. The van der Waals surface area contributed by atoms with E-state index in [1.54, 1.807) is 0 Å². The highest BCUT2D eigenvalue weighted by molar-refractivity contribution is 5.78. The first-order chi connectivity index (χ1) is 8.67. The van der Waals surface area contributed by atoms with Gasteiger partial charge in [0.15, 0.2) is 0 Å². The van der Waals surface area contributed by atoms with E-state index < -0.39 is 0 Å². The zero-order chi connectivity index (χ0) is 13.1. The van der Waals surface area contributed by atoms with Crippen LogP contribution in [0.4, 0.5) is 0 Å². The lowest BCUT2D eigenvalue weighted by Crippen LogP contribution is -2.23. The first kappa shape index (κ1) is 13.1. The third kappa shape index (κ3) is 2.41. The van der Waals surface area contributed by atoms with E-state index in [1.165, 1.54) is 12.8 Å². The number of aromatic nitrogens is 2. The van der Waals surface area contributed by atoms with Crippen molar-refractivity contribution < 1.29 is 9.53 Å². The normalized spacial score (nSPS) is 20.3. The van der Waals surface area contributed by atoms with Crippen LogP contribution in [-0.4, -0.2) is 29.4 Å². The van der Waals surface area contributed by atoms with E-state index in [0.29, 0.717) is 18.9 Å². The SMILES string of the molecule is COC(=O)C(CCN)c1cnn2c1CC[C@H](C)C2. The van der Waals surface area contributed by atoms with E-state index in [9.17, 15) is 4.79 Å². The van der Waals surface area contributed by atoms with Gasteiger partial charge in [-0.3, -0.25) is 9.48 Å². The van der Waals surface area contributed by atoms with Crippen LogP contribution in [0.1, 0.15) is 36.9 Å². The molecule has 1 unspecified atom stereocenters. The molecule has 18 heavy (non-hydrogen) atoms. The number of nitrogens with two attached hydrogens (primary N) is 1. The molecule has 5 heteroatoms. The molecule has 2 heterocycles. The Bertz CT molecular complexity index is 428. The van der Waals surface area contributed by atoms with Gasteiger partial charge in [-0.05, 0) is 31.7 Å². The van der Waals surface area contributed by atoms with Gasteiger partial charge in [-0.2, -0.15) is 5.10 Å². The van der Waals surface area contributed by atoms with E-state index >= 15 is 0 Å². The van der Waals surface area contributed by atoms with Gasteiger partial charge in [-0.25, -0.2) is 0 Å². The fraction of sp³-hybridized carbons (Fsp3) is 0.692. The Labute approximate surface area is 107 Å². The van der Waals surface area contributed by atoms with Gasteiger partial charge < -0.3 is 10.5 Å². The van der Waals surface area contributed by atoms with Crippen LogP contribution in [-0.2, 0) is 22.5 Å². The summed E-state index contributed by atoms with van der Waals surface area (Å²) in [6.45, 7) is 3.63. The second kappa shape index (κ2) is 5.52. The number of methoxy groups -OCH3 is 1. The van der Waals surface area contributed by atoms with E-state index in [4.69, 9.17) is 10.5 Å². The number of nitrogens with zero attached hydrogens (tertiary/aromatic N) is 2. The van der Waals surface area contributed by atoms with E-state index in [2.05, 4.69) is 12.0 Å². The molecule has 0 saturated heterocycles. The summed E-state index contributed by atoms with van der Waals surface area (Å²) in [4.78, 5) is 11.8. The lowest BCUT2D eigenvalue weighted by molar-refractivity contribution is -0.142. The van der Waals surface area contributed by atoms with E-state index in [1.807, 2.05) is 10.9 Å². The topological polar surface area (TPSA) is 70.1 Å². The van der Waals surface area contributed by atoms with Crippen molar-refractivity contribution in [3.05, 3.63) is 17.5 Å². The smallest absolute Gasteiger partial charge is 0.313 e. The Hall–Kier alpha value is -1.36. The Kier molecular flexibility index (Phi) is 4.01. The van der Waals surface area contributed by atoms with Crippen molar-refractivity contribution >= 4 is 5.97 Å². The van der Waals surface area contributed by atoms with Crippen molar-refractivity contribution in [2.75, 3.05) is 13.7 Å². The number of carbonyl (C=O) groups is 1. The molecule has 0 saturated carbocycles. The zero-order valence-corrected chi connectivity index (χ0v) is 11.1. The average Bonchev–Trinajstić information content (AvgIpc) is 2.77. The lowest BCUT2D eigenvalue weighted by Gasteiger charge is -2.22. The van der Waals surface area contributed by atoms with Crippen molar-refractivity contribution in [1.82, 2.24) is 9.78 Å². The van der Waals surface area contributed by atoms with Crippen LogP contribution >= 0.6 is 0 Å². The molecule has 0 fully saturated rings. The molecule has 5 nitrogen and oxygen atoms in total. The summed E-state index contributed by atoms with van der Waals surface area (Å²) in [5.41, 5.74) is 7.77. The number of hydrogen-bond donors (Lipinski definition) is 1. The first-order valence-corrected chi connectivity index (χ1v) is 6.49. The number of rotatable bonds is 4. The molecular weight excluding hydrogens is 230 g/mol. The first-order valence-electron chi connectivity index (χ1n) is 6.49. The summed E-state index contributed by atoms with van der Waals surface area (Å²) in [5, 5.41) is 4.40. The zero-order valence-electron chi connectivity index (χ0n) is 11.1. The molecule has 2 atom stereocenters. The summed E-state index contributed by atoms with van der Waals surface area (Å²) in [5.74, 6) is 0.170. The number of carbonyl (C=O) groups excluding carboxylic acids is 1. The van der Waals surface area contributed by atoms with Crippen molar-refractivity contribution in [2.24, 2.45) is 11.7 Å². The minimum Gasteiger partial charge on any atom is -0.469 e. The summed E-state index contributed by atoms with van der Waals surface area (Å²) < 4.78 is 6.89. The lowest BCUT2D eigenvalue weighted by atomic mass is 9.91. The van der Waals surface area contributed by atoms with Gasteiger partial charge in [0.25, 0.3) is 0 Å². The molecule has 1 aliphatic rings. The third-order valence-corrected chi connectivity index (χ3v) is 3.66. The van der Waals surface area contributed by atoms with Crippen LogP contribution in [0.15, 0.2) is 6.20 Å². The standard InChI is InChI=1S/C13H21N3O2/c1-9-3-4-12-11(7-15-16(12)8-9)10(5-6-14)13(17)18-2/h7,9-10H,3-6,8,14H2,1-2H3/t9-,10?/m0/s1. The second-order valence-corrected chi connectivity index (χ2v) is 5.03. The monoisotopic (exact) mass is 251 g/mol. The Balaban J connectivity index is 2.28. The minimum atomic E-state index is -0.267. The quantitative estimate of drug-likeness (QED) is 0.813. The van der Waals surface area contributed by atoms with Gasteiger partial charge in [-0.15, -0.1) is 0 Å². The maximum absolute atomic E-state index is 11.8. The fourth-order valence-corrected chi connectivity index (χ4v) is 2.63. The van der Waals surface area contributed by atoms with Gasteiger partial charge in [0.05, 0.1) is 19.2 Å². The van der Waals surface area contributed by atoms with Crippen LogP contribution in [0.25, 0.3) is 0 Å². The molecule has 0 radical (unpaired) electrons. The second-order valence-electron chi connectivity index (χ2n) is 5.03. The third-order valence-electron chi connectivity index (χ3n) is 3.66. The summed E-state index contributed by atoms with van der Waals surface area (Å²) in [6, 6.07) is 0. The summed E-state index contributed by atoms with van der Waals surface area (Å²) in [7, 11) is 1.42. The van der Waals surface area contributed by atoms with Crippen LogP contribution in [0, 0.1) is 5.92 Å². The number of ether oxygens (including phenoxy) is 1. The van der Waals surface area contributed by atoms with Crippen LogP contribution in [0.3, 0.4) is 0 Å². The molecule has 0 amide bonds. The van der Waals surface area contributed by atoms with Gasteiger partial charge in [0.1, 0.15) is 0 Å². The van der Waals surface area contributed by atoms with Crippen molar-refractivity contribution in [3.8, 4) is 0 Å². The molecule has 1 aromatic rings. The fourth-order valence-electron chi connectivity index (χ4n) is 2.63. The molecule has 0 bridgehead atoms. The highest BCUT2D eigenvalue weighted by atomic mass is 16.5. The van der Waals surface area contributed by atoms with Crippen molar-refractivity contribution in [3.63, 3.8) is 0 Å². The molecule has 0 aliphatic carbocycles. The van der Waals surface area contributed by atoms with Gasteiger partial charge in [0, 0.05) is 17.8 Å². The van der Waals surface area contributed by atoms with Crippen molar-refractivity contribution in [2.45, 2.75) is 38.6 Å². The maximum atomic E-state index is 11.8. The Morgan fingerprint density at radius 1 is 1.72 bits per heavy atom. The van der Waals surface area contributed by atoms with Gasteiger partial charge in [0.2, 0.25) is 0 Å². The summed E-state index contributed by atoms with van der Waals surface area (Å²) in [6.07, 6.45) is 4.55. The Morgan fingerprint density at radius 3 is 3.17 bits per heavy atom. The average molecular weight is 251 g/mol. The van der Waals surface area contributed by atoms with Gasteiger partial charge in [-0.1, -0.05) is 6.92 Å². The van der Waals surface area contributed by atoms with E-state index in [0.717, 1.165) is 24.9 Å². The van der Waals surface area contributed by atoms with Crippen molar-refractivity contribution in [1.29, 1.82) is 0 Å². The predicted molar refractivity (Wildman–Crippen MR) is 68.1 cm³/mol. The summed E-state index contributed by atoms with van der Waals surface area (Å²) >= 11 is 0. The molecule has 100 valence electrons. The highest BCUT2D eigenvalue weighted by Gasteiger charge is 2.28. The largest absolute Gasteiger partial charge is 0.469 e. The van der Waals surface area contributed by atoms with Crippen LogP contribution < -0.4 is 5.73 Å². The molecule has 2 N–H and O–H groups in total. The number of hydrogen-bond acceptors (Lipinski definition) is 4. The predicted octanol–water partition coefficient (Wildman–Crippen LogP) is 1.07. The van der Waals surface area contributed by atoms with Crippen LogP contribution in [0.2, 0.25) is 0 Å². The molecule has 0 spiro atoms. The molecule has 1 aromatic heterocycles.